The molecule has 0 atom stereocenters. The molecule has 1 aromatic carbocycles. The number of phenolic OH excluding ortho intramolecular Hbond substituents is 1. The van der Waals surface area contributed by atoms with Gasteiger partial charge in [0.15, 0.2) is 0 Å². The Kier molecular flexibility index (Phi) is 7.52. The van der Waals surface area contributed by atoms with Crippen molar-refractivity contribution in [2.45, 2.75) is 39.7 Å². The fourth-order valence-electron chi connectivity index (χ4n) is 3.27. The summed E-state index contributed by atoms with van der Waals surface area (Å²) in [6, 6.07) is 7.25. The summed E-state index contributed by atoms with van der Waals surface area (Å²) in [6.07, 6.45) is 5.75. The number of phenols is 1. The third-order valence-corrected chi connectivity index (χ3v) is 4.72. The summed E-state index contributed by atoms with van der Waals surface area (Å²) < 4.78 is 2.00. The van der Waals surface area contributed by atoms with Crippen LogP contribution in [0, 0.1) is 6.92 Å². The van der Waals surface area contributed by atoms with E-state index in [4.69, 9.17) is 17.2 Å². The van der Waals surface area contributed by atoms with E-state index in [0.29, 0.717) is 22.9 Å². The van der Waals surface area contributed by atoms with Crippen LogP contribution in [0.15, 0.2) is 42.4 Å². The molecule has 7 heteroatoms. The highest BCUT2D eigenvalue weighted by molar-refractivity contribution is 5.85. The maximum absolute atomic E-state index is 10.0. The standard InChI is InChI=1S/C19H26N6O.C2H6/c1-12-16(11-25(24-12)13-6-8-23-9-7-13)15(19(21)22)10-17(20)14-4-2-3-5-18(14)26;1-2/h2-5,10-11,13,23,26H,6-9,20-22H2,1H3;1-2H3/b17-10-;. The van der Waals surface area contributed by atoms with Crippen molar-refractivity contribution in [2.75, 3.05) is 13.1 Å². The Hall–Kier alpha value is -2.93. The Morgan fingerprint density at radius 3 is 2.39 bits per heavy atom. The molecular weight excluding hydrogens is 352 g/mol. The molecule has 0 saturated carbocycles. The van der Waals surface area contributed by atoms with Crippen LogP contribution in [0.2, 0.25) is 0 Å². The van der Waals surface area contributed by atoms with Gasteiger partial charge in [0.05, 0.1) is 11.7 Å². The summed E-state index contributed by atoms with van der Waals surface area (Å²) in [4.78, 5) is 0. The first-order valence-corrected chi connectivity index (χ1v) is 9.75. The summed E-state index contributed by atoms with van der Waals surface area (Å²) in [5.74, 6) is 0.273. The molecule has 28 heavy (non-hydrogen) atoms. The molecule has 1 saturated heterocycles. The molecule has 0 aliphatic carbocycles. The Morgan fingerprint density at radius 2 is 1.79 bits per heavy atom. The minimum atomic E-state index is 0.110. The van der Waals surface area contributed by atoms with Crippen molar-refractivity contribution in [3.63, 3.8) is 0 Å². The van der Waals surface area contributed by atoms with Crippen LogP contribution >= 0.6 is 0 Å². The maximum Gasteiger partial charge on any atom is 0.124 e. The van der Waals surface area contributed by atoms with Gasteiger partial charge in [0.25, 0.3) is 0 Å². The van der Waals surface area contributed by atoms with Crippen molar-refractivity contribution in [1.29, 1.82) is 0 Å². The predicted molar refractivity (Wildman–Crippen MR) is 115 cm³/mol. The van der Waals surface area contributed by atoms with Gasteiger partial charge in [-0.3, -0.25) is 4.68 Å². The van der Waals surface area contributed by atoms with Crippen molar-refractivity contribution >= 4 is 11.3 Å². The second-order valence-electron chi connectivity index (χ2n) is 6.58. The minimum absolute atomic E-state index is 0.110. The van der Waals surface area contributed by atoms with Gasteiger partial charge in [-0.2, -0.15) is 5.10 Å². The number of para-hydroxylation sites is 1. The van der Waals surface area contributed by atoms with Gasteiger partial charge < -0.3 is 27.6 Å². The van der Waals surface area contributed by atoms with Gasteiger partial charge in [0.1, 0.15) is 11.6 Å². The predicted octanol–water partition coefficient (Wildman–Crippen LogP) is 2.43. The van der Waals surface area contributed by atoms with Gasteiger partial charge in [0.2, 0.25) is 0 Å². The smallest absolute Gasteiger partial charge is 0.124 e. The van der Waals surface area contributed by atoms with Crippen LogP contribution in [0.25, 0.3) is 11.3 Å². The lowest BCUT2D eigenvalue weighted by atomic mass is 10.0. The Bertz CT molecular complexity index is 842. The molecule has 3 rings (SSSR count). The maximum atomic E-state index is 10.0. The fourth-order valence-corrected chi connectivity index (χ4v) is 3.27. The first-order chi connectivity index (χ1) is 13.5. The first kappa shape index (κ1) is 21.4. The molecule has 1 aromatic heterocycles. The third kappa shape index (κ3) is 4.86. The van der Waals surface area contributed by atoms with E-state index in [-0.39, 0.29) is 11.6 Å². The average molecular weight is 385 g/mol. The zero-order valence-corrected chi connectivity index (χ0v) is 16.9. The zero-order chi connectivity index (χ0) is 20.7. The second kappa shape index (κ2) is 9.85. The average Bonchev–Trinajstić information content (AvgIpc) is 3.09. The quantitative estimate of drug-likeness (QED) is 0.515. The van der Waals surface area contributed by atoms with E-state index in [2.05, 4.69) is 10.4 Å². The third-order valence-electron chi connectivity index (χ3n) is 4.72. The molecule has 2 aromatic rings. The molecule has 0 radical (unpaired) electrons. The summed E-state index contributed by atoms with van der Waals surface area (Å²) in [5, 5.41) is 18.0. The number of allylic oxidation sites excluding steroid dienone is 2. The summed E-state index contributed by atoms with van der Waals surface area (Å²) >= 11 is 0. The van der Waals surface area contributed by atoms with Crippen molar-refractivity contribution in [3.05, 3.63) is 59.2 Å². The van der Waals surface area contributed by atoms with Gasteiger partial charge in [0, 0.05) is 28.6 Å². The molecule has 0 bridgehead atoms. The molecule has 2 heterocycles. The van der Waals surface area contributed by atoms with Crippen LogP contribution in [0.4, 0.5) is 0 Å². The number of nitrogens with two attached hydrogens (primary N) is 3. The number of aromatic nitrogens is 2. The van der Waals surface area contributed by atoms with E-state index in [1.807, 2.05) is 37.7 Å². The normalized spacial score (nSPS) is 14.9. The first-order valence-electron chi connectivity index (χ1n) is 9.75. The van der Waals surface area contributed by atoms with Gasteiger partial charge in [-0.15, -0.1) is 0 Å². The van der Waals surface area contributed by atoms with Gasteiger partial charge in [-0.25, -0.2) is 0 Å². The van der Waals surface area contributed by atoms with E-state index >= 15 is 0 Å². The number of benzene rings is 1. The molecule has 7 nitrogen and oxygen atoms in total. The van der Waals surface area contributed by atoms with Crippen molar-refractivity contribution in [3.8, 4) is 5.75 Å². The van der Waals surface area contributed by atoms with Crippen LogP contribution in [0.1, 0.15) is 49.6 Å². The van der Waals surface area contributed by atoms with Gasteiger partial charge >= 0.3 is 0 Å². The Labute approximate surface area is 166 Å². The van der Waals surface area contributed by atoms with Crippen LogP contribution in [0.3, 0.4) is 0 Å². The van der Waals surface area contributed by atoms with Crippen LogP contribution < -0.4 is 22.5 Å². The number of piperidine rings is 1. The summed E-state index contributed by atoms with van der Waals surface area (Å²) in [5.41, 5.74) is 21.3. The highest BCUT2D eigenvalue weighted by Crippen LogP contribution is 2.28. The van der Waals surface area contributed by atoms with E-state index in [1.165, 1.54) is 0 Å². The second-order valence-corrected chi connectivity index (χ2v) is 6.58. The molecule has 8 N–H and O–H groups in total. The molecule has 0 unspecified atom stereocenters. The molecule has 0 amide bonds. The topological polar surface area (TPSA) is 128 Å². The van der Waals surface area contributed by atoms with Gasteiger partial charge in [-0.1, -0.05) is 26.0 Å². The van der Waals surface area contributed by atoms with Gasteiger partial charge in [-0.05, 0) is 51.1 Å². The SMILES string of the molecule is CC.Cc1nn(C2CCNCC2)cc1C(/C=C(\N)c1ccccc1O)=C(N)N. The highest BCUT2D eigenvalue weighted by atomic mass is 16.3. The Morgan fingerprint density at radius 1 is 1.14 bits per heavy atom. The number of aromatic hydroxyl groups is 1. The van der Waals surface area contributed by atoms with E-state index in [0.717, 1.165) is 37.2 Å². The lowest BCUT2D eigenvalue weighted by Gasteiger charge is -2.22. The number of aryl methyl sites for hydroxylation is 1. The number of nitrogens with one attached hydrogen (secondary N) is 1. The summed E-state index contributed by atoms with van der Waals surface area (Å²) in [7, 11) is 0. The van der Waals surface area contributed by atoms with E-state index in [9.17, 15) is 5.11 Å². The van der Waals surface area contributed by atoms with Crippen molar-refractivity contribution < 1.29 is 5.11 Å². The van der Waals surface area contributed by atoms with E-state index in [1.54, 1.807) is 24.3 Å². The Balaban J connectivity index is 0.00000136. The number of nitrogens with zero attached hydrogens (tertiary/aromatic N) is 2. The molecule has 1 aliphatic rings. The molecule has 0 spiro atoms. The number of hydrogen-bond donors (Lipinski definition) is 5. The molecular formula is C21H32N6O. The van der Waals surface area contributed by atoms with Crippen molar-refractivity contribution in [1.82, 2.24) is 15.1 Å². The minimum Gasteiger partial charge on any atom is -0.507 e. The monoisotopic (exact) mass is 384 g/mol. The zero-order valence-electron chi connectivity index (χ0n) is 16.9. The molecule has 152 valence electrons. The van der Waals surface area contributed by atoms with E-state index < -0.39 is 0 Å². The number of rotatable bonds is 4. The highest BCUT2D eigenvalue weighted by Gasteiger charge is 2.19. The van der Waals surface area contributed by atoms with Crippen LogP contribution in [-0.2, 0) is 0 Å². The lowest BCUT2D eigenvalue weighted by molar-refractivity contribution is 0.342. The van der Waals surface area contributed by atoms with Crippen molar-refractivity contribution in [2.24, 2.45) is 17.2 Å². The number of hydrogen-bond acceptors (Lipinski definition) is 6. The fraction of sp³-hybridized carbons (Fsp3) is 0.381. The molecule has 1 aliphatic heterocycles. The lowest BCUT2D eigenvalue weighted by Crippen LogP contribution is -2.29. The molecule has 1 fully saturated rings. The van der Waals surface area contributed by atoms with Crippen LogP contribution in [0.5, 0.6) is 5.75 Å². The summed E-state index contributed by atoms with van der Waals surface area (Å²) in [6.45, 7) is 7.90. The van der Waals surface area contributed by atoms with Crippen LogP contribution in [-0.4, -0.2) is 28.0 Å². The largest absolute Gasteiger partial charge is 0.507 e.